The Hall–Kier alpha value is -2.12. The lowest BCUT2D eigenvalue weighted by molar-refractivity contribution is -0.156. The average molecular weight is 478 g/mol. The third-order valence-corrected chi connectivity index (χ3v) is 7.60. The molecule has 3 atom stereocenters. The van der Waals surface area contributed by atoms with E-state index in [1.54, 1.807) is 21.9 Å². The van der Waals surface area contributed by atoms with Crippen LogP contribution < -0.4 is 5.32 Å². The molecule has 0 bridgehead atoms. The van der Waals surface area contributed by atoms with E-state index in [9.17, 15) is 19.5 Å². The zero-order valence-corrected chi connectivity index (χ0v) is 20.8. The summed E-state index contributed by atoms with van der Waals surface area (Å²) in [6.07, 6.45) is 2.37. The predicted octanol–water partition coefficient (Wildman–Crippen LogP) is 2.94. The molecule has 2 saturated heterocycles. The number of likely N-dealkylation sites (tertiary alicyclic amines) is 2. The van der Waals surface area contributed by atoms with Crippen LogP contribution in [0.2, 0.25) is 5.02 Å². The van der Waals surface area contributed by atoms with Crippen molar-refractivity contribution >= 4 is 29.3 Å². The first kappa shape index (κ1) is 25.5. The molecule has 1 aromatic carbocycles. The van der Waals surface area contributed by atoms with Gasteiger partial charge < -0.3 is 20.2 Å². The van der Waals surface area contributed by atoms with E-state index in [0.717, 1.165) is 12.0 Å². The van der Waals surface area contributed by atoms with Gasteiger partial charge in [-0.1, -0.05) is 44.5 Å². The molecule has 0 aromatic heterocycles. The maximum Gasteiger partial charge on any atom is 0.245 e. The van der Waals surface area contributed by atoms with E-state index in [1.165, 1.54) is 6.92 Å². The smallest absolute Gasteiger partial charge is 0.245 e. The van der Waals surface area contributed by atoms with Crippen LogP contribution in [0.25, 0.3) is 0 Å². The van der Waals surface area contributed by atoms with Crippen LogP contribution in [0, 0.1) is 11.3 Å². The van der Waals surface area contributed by atoms with Gasteiger partial charge in [0.1, 0.15) is 6.04 Å². The third kappa shape index (κ3) is 5.35. The van der Waals surface area contributed by atoms with Gasteiger partial charge in [0.15, 0.2) is 0 Å². The first-order chi connectivity index (χ1) is 15.5. The van der Waals surface area contributed by atoms with Gasteiger partial charge in [0.05, 0.1) is 11.5 Å². The van der Waals surface area contributed by atoms with Crippen molar-refractivity contribution in [3.8, 4) is 0 Å². The fourth-order valence-electron chi connectivity index (χ4n) is 5.10. The number of nitrogens with zero attached hydrogens (tertiary/aromatic N) is 2. The number of piperidine rings is 2. The molecule has 2 aliphatic heterocycles. The molecule has 1 aromatic rings. The minimum absolute atomic E-state index is 0.0284. The highest BCUT2D eigenvalue weighted by molar-refractivity contribution is 6.30. The molecular weight excluding hydrogens is 442 g/mol. The van der Waals surface area contributed by atoms with Crippen molar-refractivity contribution in [3.63, 3.8) is 0 Å². The molecule has 0 aliphatic carbocycles. The number of carbonyl (C=O) groups is 3. The van der Waals surface area contributed by atoms with Crippen LogP contribution >= 0.6 is 11.6 Å². The van der Waals surface area contributed by atoms with Gasteiger partial charge in [-0.05, 0) is 43.4 Å². The normalized spacial score (nSPS) is 25.9. The molecule has 3 amide bonds. The second-order valence-corrected chi connectivity index (χ2v) is 10.5. The first-order valence-corrected chi connectivity index (χ1v) is 12.2. The second-order valence-electron chi connectivity index (χ2n) is 10.0. The van der Waals surface area contributed by atoms with Crippen LogP contribution in [-0.4, -0.2) is 64.8 Å². The number of carbonyl (C=O) groups excluding carboxylic acids is 3. The maximum atomic E-state index is 13.3. The van der Waals surface area contributed by atoms with Crippen LogP contribution in [0.15, 0.2) is 24.3 Å². The van der Waals surface area contributed by atoms with Crippen molar-refractivity contribution in [1.29, 1.82) is 0 Å². The van der Waals surface area contributed by atoms with E-state index in [2.05, 4.69) is 5.32 Å². The summed E-state index contributed by atoms with van der Waals surface area (Å²) in [5.74, 6) is -0.622. The van der Waals surface area contributed by atoms with Gasteiger partial charge in [-0.15, -0.1) is 0 Å². The second kappa shape index (κ2) is 10.0. The molecule has 0 spiro atoms. The van der Waals surface area contributed by atoms with E-state index in [1.807, 2.05) is 32.9 Å². The number of aliphatic hydroxyl groups is 1. The molecule has 2 aliphatic rings. The molecule has 2 fully saturated rings. The fraction of sp³-hybridized carbons (Fsp3) is 0.640. The minimum atomic E-state index is -1.09. The molecule has 182 valence electrons. The molecule has 2 N–H and O–H groups in total. The van der Waals surface area contributed by atoms with E-state index in [-0.39, 0.29) is 23.6 Å². The van der Waals surface area contributed by atoms with Gasteiger partial charge in [-0.25, -0.2) is 0 Å². The molecule has 7 nitrogen and oxygen atoms in total. The van der Waals surface area contributed by atoms with E-state index >= 15 is 0 Å². The average Bonchev–Trinajstić information content (AvgIpc) is 2.79. The van der Waals surface area contributed by atoms with Crippen LogP contribution in [0.3, 0.4) is 0 Å². The first-order valence-electron chi connectivity index (χ1n) is 11.8. The van der Waals surface area contributed by atoms with Gasteiger partial charge in [-0.3, -0.25) is 14.4 Å². The van der Waals surface area contributed by atoms with Crippen LogP contribution in [0.4, 0.5) is 0 Å². The molecular formula is C25H36ClN3O4. The molecule has 0 saturated carbocycles. The highest BCUT2D eigenvalue weighted by Gasteiger charge is 2.50. The van der Waals surface area contributed by atoms with Crippen molar-refractivity contribution in [2.75, 3.05) is 26.2 Å². The van der Waals surface area contributed by atoms with Crippen LogP contribution in [-0.2, 0) is 20.0 Å². The van der Waals surface area contributed by atoms with Crippen molar-refractivity contribution in [2.24, 2.45) is 11.3 Å². The Morgan fingerprint density at radius 1 is 1.18 bits per heavy atom. The summed E-state index contributed by atoms with van der Waals surface area (Å²) in [5, 5.41) is 15.1. The topological polar surface area (TPSA) is 90.0 Å². The van der Waals surface area contributed by atoms with Gasteiger partial charge in [0.2, 0.25) is 17.7 Å². The molecule has 0 radical (unpaired) electrons. The summed E-state index contributed by atoms with van der Waals surface area (Å²) in [4.78, 5) is 41.4. The number of halogens is 1. The van der Waals surface area contributed by atoms with Crippen LogP contribution in [0.1, 0.15) is 58.9 Å². The minimum Gasteiger partial charge on any atom is -0.384 e. The molecule has 2 heterocycles. The Kier molecular flexibility index (Phi) is 7.74. The third-order valence-electron chi connectivity index (χ3n) is 7.34. The van der Waals surface area contributed by atoms with E-state index in [4.69, 9.17) is 11.6 Å². The summed E-state index contributed by atoms with van der Waals surface area (Å²) in [6, 6.07) is 6.59. The fourth-order valence-corrected chi connectivity index (χ4v) is 5.22. The predicted molar refractivity (Wildman–Crippen MR) is 128 cm³/mol. The Morgan fingerprint density at radius 3 is 2.42 bits per heavy atom. The summed E-state index contributed by atoms with van der Waals surface area (Å²) in [5.41, 5.74) is -0.892. The summed E-state index contributed by atoms with van der Waals surface area (Å²) in [7, 11) is 0. The summed E-state index contributed by atoms with van der Waals surface area (Å²) >= 11 is 6.02. The van der Waals surface area contributed by atoms with Gasteiger partial charge in [-0.2, -0.15) is 0 Å². The van der Waals surface area contributed by atoms with Crippen molar-refractivity contribution in [1.82, 2.24) is 15.1 Å². The zero-order valence-electron chi connectivity index (χ0n) is 20.1. The summed E-state index contributed by atoms with van der Waals surface area (Å²) in [6.45, 7) is 9.16. The quantitative estimate of drug-likeness (QED) is 0.682. The Balaban J connectivity index is 1.67. The van der Waals surface area contributed by atoms with Crippen molar-refractivity contribution < 1.29 is 19.5 Å². The lowest BCUT2D eigenvalue weighted by Crippen LogP contribution is -2.60. The molecule has 3 rings (SSSR count). The molecule has 33 heavy (non-hydrogen) atoms. The van der Waals surface area contributed by atoms with E-state index < -0.39 is 17.1 Å². The Morgan fingerprint density at radius 2 is 1.85 bits per heavy atom. The Bertz CT molecular complexity index is 888. The summed E-state index contributed by atoms with van der Waals surface area (Å²) < 4.78 is 0. The highest BCUT2D eigenvalue weighted by Crippen LogP contribution is 2.46. The van der Waals surface area contributed by atoms with E-state index in [0.29, 0.717) is 50.5 Å². The van der Waals surface area contributed by atoms with Gasteiger partial charge in [0.25, 0.3) is 0 Å². The van der Waals surface area contributed by atoms with Crippen molar-refractivity contribution in [2.45, 2.75) is 65.0 Å². The van der Waals surface area contributed by atoms with Gasteiger partial charge in [0, 0.05) is 43.5 Å². The number of hydrogen-bond acceptors (Lipinski definition) is 4. The number of benzene rings is 1. The van der Waals surface area contributed by atoms with Gasteiger partial charge >= 0.3 is 0 Å². The maximum absolute atomic E-state index is 13.3. The number of rotatable bonds is 5. The van der Waals surface area contributed by atoms with Crippen molar-refractivity contribution in [3.05, 3.63) is 34.9 Å². The number of hydrogen-bond donors (Lipinski definition) is 2. The zero-order chi connectivity index (χ0) is 24.4. The Labute approximate surface area is 201 Å². The standard InChI is InChI=1S/C25H36ClN3O4/c1-5-21(27-22(31)18-7-6-13-28(15-18)17(2)30)23(32)29-14-12-25(33,24(3,4)16-29)19-8-10-20(26)11-9-19/h8-11,18,21,33H,5-7,12-16H2,1-4H3,(H,27,31)/t18-,21+,25-/m0/s1. The number of amides is 3. The molecule has 0 unspecified atom stereocenters. The lowest BCUT2D eigenvalue weighted by Gasteiger charge is -2.51. The highest BCUT2D eigenvalue weighted by atomic mass is 35.5. The monoisotopic (exact) mass is 477 g/mol. The SMILES string of the molecule is CC[C@@H](NC(=O)[C@H]1CCCN(C(C)=O)C1)C(=O)N1CC[C@](O)(c2ccc(Cl)cc2)C(C)(C)C1. The van der Waals surface area contributed by atoms with Crippen LogP contribution in [0.5, 0.6) is 0 Å². The lowest BCUT2D eigenvalue weighted by atomic mass is 9.66. The largest absolute Gasteiger partial charge is 0.384 e. The molecule has 8 heteroatoms. The number of nitrogens with one attached hydrogen (secondary N) is 1.